The van der Waals surface area contributed by atoms with Crippen LogP contribution in [0.3, 0.4) is 0 Å². The van der Waals surface area contributed by atoms with Gasteiger partial charge in [0.15, 0.2) is 0 Å². The van der Waals surface area contributed by atoms with Crippen molar-refractivity contribution in [3.8, 4) is 22.9 Å². The number of pyridine rings is 1. The van der Waals surface area contributed by atoms with E-state index in [9.17, 15) is 8.78 Å². The van der Waals surface area contributed by atoms with E-state index in [-0.39, 0.29) is 11.3 Å². The fourth-order valence-electron chi connectivity index (χ4n) is 1.53. The van der Waals surface area contributed by atoms with Crippen molar-refractivity contribution in [1.29, 1.82) is 5.26 Å². The first-order chi connectivity index (χ1) is 8.70. The third kappa shape index (κ3) is 2.61. The molecular formula is C13H8F2N2O. The van der Waals surface area contributed by atoms with Crippen LogP contribution >= 0.6 is 0 Å². The summed E-state index contributed by atoms with van der Waals surface area (Å²) in [6.07, 6.45) is 3.26. The van der Waals surface area contributed by atoms with E-state index in [4.69, 9.17) is 5.26 Å². The highest BCUT2D eigenvalue weighted by Gasteiger charge is 2.10. The minimum atomic E-state index is -2.94. The number of hydrogen-bond donors (Lipinski definition) is 0. The van der Waals surface area contributed by atoms with Crippen molar-refractivity contribution in [1.82, 2.24) is 4.98 Å². The molecule has 1 heterocycles. The van der Waals surface area contributed by atoms with E-state index in [1.165, 1.54) is 12.1 Å². The average molecular weight is 246 g/mol. The molecule has 5 heteroatoms. The first-order valence-corrected chi connectivity index (χ1v) is 5.10. The molecule has 0 fully saturated rings. The molecule has 0 saturated heterocycles. The Kier molecular flexibility index (Phi) is 3.49. The Morgan fingerprint density at radius 3 is 2.67 bits per heavy atom. The summed E-state index contributed by atoms with van der Waals surface area (Å²) in [5, 5.41) is 8.91. The van der Waals surface area contributed by atoms with Gasteiger partial charge in [0.2, 0.25) is 0 Å². The molecule has 0 amide bonds. The highest BCUT2D eigenvalue weighted by molar-refractivity contribution is 5.66. The van der Waals surface area contributed by atoms with E-state index >= 15 is 0 Å². The van der Waals surface area contributed by atoms with Gasteiger partial charge in [-0.3, -0.25) is 4.98 Å². The molecule has 0 N–H and O–H groups in total. The molecular weight excluding hydrogens is 238 g/mol. The molecule has 0 unspecified atom stereocenters. The van der Waals surface area contributed by atoms with Gasteiger partial charge in [0.1, 0.15) is 11.8 Å². The molecule has 0 aliphatic carbocycles. The molecule has 90 valence electrons. The van der Waals surface area contributed by atoms with Crippen molar-refractivity contribution in [3.63, 3.8) is 0 Å². The molecule has 0 bridgehead atoms. The Hall–Kier alpha value is -2.48. The fraction of sp³-hybridized carbons (Fsp3) is 0.0769. The zero-order chi connectivity index (χ0) is 13.0. The van der Waals surface area contributed by atoms with Gasteiger partial charge in [0.05, 0.1) is 5.56 Å². The van der Waals surface area contributed by atoms with Gasteiger partial charge in [-0.25, -0.2) is 0 Å². The van der Waals surface area contributed by atoms with Gasteiger partial charge in [0, 0.05) is 18.0 Å². The van der Waals surface area contributed by atoms with E-state index in [0.717, 1.165) is 11.1 Å². The Balaban J connectivity index is 2.40. The summed E-state index contributed by atoms with van der Waals surface area (Å²) in [5.41, 5.74) is 1.59. The number of benzene rings is 1. The molecule has 3 nitrogen and oxygen atoms in total. The second kappa shape index (κ2) is 5.23. The highest BCUT2D eigenvalue weighted by Crippen LogP contribution is 2.26. The predicted molar refractivity (Wildman–Crippen MR) is 61.0 cm³/mol. The fourth-order valence-corrected chi connectivity index (χ4v) is 1.53. The van der Waals surface area contributed by atoms with Crippen molar-refractivity contribution < 1.29 is 13.5 Å². The van der Waals surface area contributed by atoms with E-state index < -0.39 is 6.61 Å². The largest absolute Gasteiger partial charge is 0.433 e. The van der Waals surface area contributed by atoms with Crippen molar-refractivity contribution >= 4 is 0 Å². The lowest BCUT2D eigenvalue weighted by Crippen LogP contribution is -2.03. The van der Waals surface area contributed by atoms with Gasteiger partial charge in [-0.2, -0.15) is 14.0 Å². The van der Waals surface area contributed by atoms with Gasteiger partial charge in [-0.05, 0) is 23.8 Å². The Morgan fingerprint density at radius 1 is 1.22 bits per heavy atom. The molecule has 0 aliphatic heterocycles. The monoisotopic (exact) mass is 246 g/mol. The number of ether oxygens (including phenoxy) is 1. The minimum Gasteiger partial charge on any atom is -0.433 e. The smallest absolute Gasteiger partial charge is 0.387 e. The van der Waals surface area contributed by atoms with Crippen LogP contribution in [0.25, 0.3) is 11.1 Å². The molecule has 1 aromatic heterocycles. The molecule has 0 saturated carbocycles. The molecule has 18 heavy (non-hydrogen) atoms. The summed E-state index contributed by atoms with van der Waals surface area (Å²) in [7, 11) is 0. The number of halogens is 2. The zero-order valence-electron chi connectivity index (χ0n) is 9.18. The lowest BCUT2D eigenvalue weighted by molar-refractivity contribution is -0.0500. The van der Waals surface area contributed by atoms with Crippen molar-refractivity contribution in [2.45, 2.75) is 6.61 Å². The summed E-state index contributed by atoms with van der Waals surface area (Å²) in [4.78, 5) is 3.95. The van der Waals surface area contributed by atoms with Crippen LogP contribution in [0.5, 0.6) is 5.75 Å². The molecule has 1 aromatic carbocycles. The summed E-state index contributed by atoms with van der Waals surface area (Å²) in [6.45, 7) is -2.94. The number of nitrogens with zero attached hydrogens (tertiary/aromatic N) is 2. The van der Waals surface area contributed by atoms with Crippen LogP contribution in [0.15, 0.2) is 42.7 Å². The average Bonchev–Trinajstić information content (AvgIpc) is 2.39. The second-order valence-corrected chi connectivity index (χ2v) is 3.44. The van der Waals surface area contributed by atoms with Gasteiger partial charge >= 0.3 is 6.61 Å². The van der Waals surface area contributed by atoms with Crippen LogP contribution in [0.2, 0.25) is 0 Å². The number of hydrogen-bond acceptors (Lipinski definition) is 3. The molecule has 0 spiro atoms. The lowest BCUT2D eigenvalue weighted by atomic mass is 10.0. The SMILES string of the molecule is N#Cc1cc(-c2cccnc2)ccc1OC(F)F. The number of alkyl halides is 2. The van der Waals surface area contributed by atoms with Crippen molar-refractivity contribution in [3.05, 3.63) is 48.3 Å². The zero-order valence-corrected chi connectivity index (χ0v) is 9.18. The van der Waals surface area contributed by atoms with Crippen LogP contribution in [0, 0.1) is 11.3 Å². The Labute approximate surface area is 102 Å². The van der Waals surface area contributed by atoms with E-state index in [1.54, 1.807) is 24.5 Å². The van der Waals surface area contributed by atoms with E-state index in [0.29, 0.717) is 0 Å². The number of nitriles is 1. The predicted octanol–water partition coefficient (Wildman–Crippen LogP) is 3.22. The summed E-state index contributed by atoms with van der Waals surface area (Å²) < 4.78 is 28.5. The topological polar surface area (TPSA) is 45.9 Å². The van der Waals surface area contributed by atoms with E-state index in [1.807, 2.05) is 12.1 Å². The van der Waals surface area contributed by atoms with Crippen LogP contribution < -0.4 is 4.74 Å². The normalized spacial score (nSPS) is 10.1. The third-order valence-corrected chi connectivity index (χ3v) is 2.31. The maximum Gasteiger partial charge on any atom is 0.387 e. The molecule has 2 aromatic rings. The van der Waals surface area contributed by atoms with Gasteiger partial charge in [0.25, 0.3) is 0 Å². The maximum absolute atomic E-state index is 12.1. The van der Waals surface area contributed by atoms with Crippen molar-refractivity contribution in [2.75, 3.05) is 0 Å². The van der Waals surface area contributed by atoms with Crippen LogP contribution in [0.1, 0.15) is 5.56 Å². The first kappa shape index (κ1) is 12.0. The molecule has 0 atom stereocenters. The van der Waals surface area contributed by atoms with Gasteiger partial charge in [-0.1, -0.05) is 12.1 Å². The molecule has 2 rings (SSSR count). The Bertz CT molecular complexity index is 579. The summed E-state index contributed by atoms with van der Waals surface area (Å²) in [6, 6.07) is 9.86. The standard InChI is InChI=1S/C13H8F2N2O/c14-13(15)18-12-4-3-9(6-11(12)7-16)10-2-1-5-17-8-10/h1-6,8,13H. The maximum atomic E-state index is 12.1. The van der Waals surface area contributed by atoms with Crippen LogP contribution in [-0.2, 0) is 0 Å². The number of aromatic nitrogens is 1. The van der Waals surface area contributed by atoms with E-state index in [2.05, 4.69) is 9.72 Å². The highest BCUT2D eigenvalue weighted by atomic mass is 19.3. The van der Waals surface area contributed by atoms with Crippen molar-refractivity contribution in [2.24, 2.45) is 0 Å². The van der Waals surface area contributed by atoms with Crippen LogP contribution in [0.4, 0.5) is 8.78 Å². The number of rotatable bonds is 3. The van der Waals surface area contributed by atoms with Crippen LogP contribution in [-0.4, -0.2) is 11.6 Å². The minimum absolute atomic E-state index is 0.0663. The molecule has 0 aliphatic rings. The second-order valence-electron chi connectivity index (χ2n) is 3.44. The van der Waals surface area contributed by atoms with Gasteiger partial charge < -0.3 is 4.74 Å². The summed E-state index contributed by atoms with van der Waals surface area (Å²) >= 11 is 0. The quantitative estimate of drug-likeness (QED) is 0.835. The molecule has 0 radical (unpaired) electrons. The third-order valence-electron chi connectivity index (χ3n) is 2.31. The first-order valence-electron chi connectivity index (χ1n) is 5.10. The Morgan fingerprint density at radius 2 is 2.06 bits per heavy atom. The van der Waals surface area contributed by atoms with Gasteiger partial charge in [-0.15, -0.1) is 0 Å². The lowest BCUT2D eigenvalue weighted by Gasteiger charge is -2.08. The summed E-state index contributed by atoms with van der Waals surface area (Å²) in [5.74, 6) is -0.125.